The molecule has 0 aliphatic rings. The van der Waals surface area contributed by atoms with Crippen LogP contribution in [0.15, 0.2) is 28.7 Å². The van der Waals surface area contributed by atoms with Gasteiger partial charge in [-0.05, 0) is 37.1 Å². The summed E-state index contributed by atoms with van der Waals surface area (Å²) < 4.78 is 1.03. The van der Waals surface area contributed by atoms with E-state index < -0.39 is 0 Å². The van der Waals surface area contributed by atoms with Gasteiger partial charge >= 0.3 is 0 Å². The van der Waals surface area contributed by atoms with Crippen molar-refractivity contribution in [1.82, 2.24) is 5.32 Å². The van der Waals surface area contributed by atoms with Crippen LogP contribution in [0.3, 0.4) is 0 Å². The maximum atomic E-state index is 11.5. The molecule has 3 N–H and O–H groups in total. The second-order valence-corrected chi connectivity index (χ2v) is 4.92. The summed E-state index contributed by atoms with van der Waals surface area (Å²) in [5.74, 6) is 0.113. The van der Waals surface area contributed by atoms with E-state index in [9.17, 15) is 4.79 Å². The third-order valence-electron chi connectivity index (χ3n) is 2.49. The molecule has 0 aliphatic heterocycles. The molecule has 3 nitrogen and oxygen atoms in total. The molecule has 0 unspecified atom stereocenters. The van der Waals surface area contributed by atoms with Crippen LogP contribution in [0.5, 0.6) is 0 Å². The number of hydrogen-bond acceptors (Lipinski definition) is 2. The molecule has 0 spiro atoms. The molecule has 0 aromatic heterocycles. The molecule has 1 aromatic carbocycles. The number of benzene rings is 1. The second-order valence-electron chi connectivity index (χ2n) is 4.01. The van der Waals surface area contributed by atoms with Gasteiger partial charge in [0.1, 0.15) is 0 Å². The zero-order valence-electron chi connectivity index (χ0n) is 9.92. The number of nitrogens with one attached hydrogen (secondary N) is 1. The van der Waals surface area contributed by atoms with Crippen LogP contribution in [-0.4, -0.2) is 12.5 Å². The van der Waals surface area contributed by atoms with Gasteiger partial charge in [-0.3, -0.25) is 4.79 Å². The molecule has 94 valence electrons. The summed E-state index contributed by atoms with van der Waals surface area (Å²) in [6.45, 7) is 1.30. The van der Waals surface area contributed by atoms with Gasteiger partial charge in [0.05, 0.1) is 0 Å². The van der Waals surface area contributed by atoms with E-state index in [-0.39, 0.29) is 5.91 Å². The van der Waals surface area contributed by atoms with E-state index in [2.05, 4.69) is 21.2 Å². The molecule has 0 atom stereocenters. The molecule has 0 aliphatic carbocycles. The van der Waals surface area contributed by atoms with Crippen LogP contribution in [0.1, 0.15) is 31.2 Å². The van der Waals surface area contributed by atoms with Crippen LogP contribution in [0.25, 0.3) is 0 Å². The minimum atomic E-state index is 0.113. The fourth-order valence-electron chi connectivity index (χ4n) is 1.54. The monoisotopic (exact) mass is 298 g/mol. The Balaban J connectivity index is 2.19. The van der Waals surface area contributed by atoms with Gasteiger partial charge in [0.25, 0.3) is 0 Å². The van der Waals surface area contributed by atoms with Crippen LogP contribution in [-0.2, 0) is 11.3 Å². The maximum absolute atomic E-state index is 11.5. The van der Waals surface area contributed by atoms with Gasteiger partial charge in [0.2, 0.25) is 5.91 Å². The van der Waals surface area contributed by atoms with Crippen molar-refractivity contribution in [2.24, 2.45) is 5.73 Å². The first-order chi connectivity index (χ1) is 8.22. The van der Waals surface area contributed by atoms with Crippen molar-refractivity contribution < 1.29 is 4.79 Å². The summed E-state index contributed by atoms with van der Waals surface area (Å²) in [6.07, 6.45) is 3.54. The van der Waals surface area contributed by atoms with E-state index in [1.807, 2.05) is 24.3 Å². The van der Waals surface area contributed by atoms with Crippen molar-refractivity contribution in [2.75, 3.05) is 6.54 Å². The Kier molecular flexibility index (Phi) is 6.89. The Morgan fingerprint density at radius 2 is 2.12 bits per heavy atom. The van der Waals surface area contributed by atoms with Gasteiger partial charge < -0.3 is 11.1 Å². The first-order valence-corrected chi connectivity index (χ1v) is 6.73. The maximum Gasteiger partial charge on any atom is 0.220 e. The lowest BCUT2D eigenvalue weighted by Gasteiger charge is -2.05. The Hall–Kier alpha value is -0.870. The number of unbranched alkanes of at least 4 members (excludes halogenated alkanes) is 2. The fraction of sp³-hybridized carbons (Fsp3) is 0.462. The van der Waals surface area contributed by atoms with E-state index in [1.54, 1.807) is 0 Å². The molecule has 0 radical (unpaired) electrons. The van der Waals surface area contributed by atoms with Crippen molar-refractivity contribution in [2.45, 2.75) is 32.2 Å². The highest BCUT2D eigenvalue weighted by Gasteiger charge is 2.01. The number of carbonyl (C=O) groups excluding carboxylic acids is 1. The third-order valence-corrected chi connectivity index (χ3v) is 2.98. The van der Waals surface area contributed by atoms with Crippen LogP contribution >= 0.6 is 15.9 Å². The number of nitrogens with two attached hydrogens (primary N) is 1. The summed E-state index contributed by atoms with van der Waals surface area (Å²) in [5, 5.41) is 2.91. The van der Waals surface area contributed by atoms with E-state index in [0.29, 0.717) is 19.5 Å². The molecule has 1 amide bonds. The predicted octanol–water partition coefficient (Wildman–Crippen LogP) is 2.58. The zero-order valence-corrected chi connectivity index (χ0v) is 11.5. The van der Waals surface area contributed by atoms with Crippen molar-refractivity contribution in [3.63, 3.8) is 0 Å². The van der Waals surface area contributed by atoms with E-state index in [1.165, 1.54) is 0 Å². The van der Waals surface area contributed by atoms with Crippen LogP contribution in [0.2, 0.25) is 0 Å². The smallest absolute Gasteiger partial charge is 0.220 e. The van der Waals surface area contributed by atoms with Crippen LogP contribution in [0, 0.1) is 0 Å². The number of hydrogen-bond donors (Lipinski definition) is 2. The molecule has 1 rings (SSSR count). The van der Waals surface area contributed by atoms with Crippen molar-refractivity contribution in [3.8, 4) is 0 Å². The van der Waals surface area contributed by atoms with E-state index >= 15 is 0 Å². The Morgan fingerprint density at radius 3 is 2.82 bits per heavy atom. The highest BCUT2D eigenvalue weighted by molar-refractivity contribution is 9.10. The first kappa shape index (κ1) is 14.2. The summed E-state index contributed by atoms with van der Waals surface area (Å²) in [5.41, 5.74) is 6.50. The van der Waals surface area contributed by atoms with Crippen LogP contribution < -0.4 is 11.1 Å². The Labute approximate surface area is 111 Å². The average molecular weight is 299 g/mol. The molecular formula is C13H19BrN2O. The average Bonchev–Trinajstić information content (AvgIpc) is 2.32. The first-order valence-electron chi connectivity index (χ1n) is 5.93. The van der Waals surface area contributed by atoms with Gasteiger partial charge in [0.15, 0.2) is 0 Å². The second kappa shape index (κ2) is 8.25. The summed E-state index contributed by atoms with van der Waals surface area (Å²) >= 11 is 3.40. The minimum absolute atomic E-state index is 0.113. The number of carbonyl (C=O) groups is 1. The van der Waals surface area contributed by atoms with Gasteiger partial charge in [0, 0.05) is 17.4 Å². The Bertz CT molecular complexity index is 355. The number of rotatable bonds is 7. The predicted molar refractivity (Wildman–Crippen MR) is 73.5 cm³/mol. The lowest BCUT2D eigenvalue weighted by Crippen LogP contribution is -2.22. The standard InChI is InChI=1S/C13H19BrN2O/c14-12-6-4-5-11(9-12)10-16-13(17)7-2-1-3-8-15/h4-6,9H,1-3,7-8,10,15H2,(H,16,17). The third kappa shape index (κ3) is 6.44. The minimum Gasteiger partial charge on any atom is -0.352 e. The molecule has 0 heterocycles. The fourth-order valence-corrected chi connectivity index (χ4v) is 1.99. The van der Waals surface area contributed by atoms with Crippen molar-refractivity contribution >= 4 is 21.8 Å². The van der Waals surface area contributed by atoms with E-state index in [4.69, 9.17) is 5.73 Å². The van der Waals surface area contributed by atoms with Crippen LogP contribution in [0.4, 0.5) is 0 Å². The molecule has 0 saturated carbocycles. The summed E-state index contributed by atoms with van der Waals surface area (Å²) in [7, 11) is 0. The lowest BCUT2D eigenvalue weighted by atomic mass is 10.2. The zero-order chi connectivity index (χ0) is 12.5. The summed E-state index contributed by atoms with van der Waals surface area (Å²) in [6, 6.07) is 7.94. The molecule has 1 aromatic rings. The lowest BCUT2D eigenvalue weighted by molar-refractivity contribution is -0.121. The molecule has 0 fully saturated rings. The van der Waals surface area contributed by atoms with E-state index in [0.717, 1.165) is 29.3 Å². The highest BCUT2D eigenvalue weighted by Crippen LogP contribution is 2.11. The number of halogens is 1. The molecule has 4 heteroatoms. The topological polar surface area (TPSA) is 55.1 Å². The highest BCUT2D eigenvalue weighted by atomic mass is 79.9. The van der Waals surface area contributed by atoms with Gasteiger partial charge in [-0.15, -0.1) is 0 Å². The van der Waals surface area contributed by atoms with Gasteiger partial charge in [-0.1, -0.05) is 34.5 Å². The molecule has 17 heavy (non-hydrogen) atoms. The van der Waals surface area contributed by atoms with Crippen molar-refractivity contribution in [1.29, 1.82) is 0 Å². The SMILES string of the molecule is NCCCCCC(=O)NCc1cccc(Br)c1. The quantitative estimate of drug-likeness (QED) is 0.760. The number of amides is 1. The Morgan fingerprint density at radius 1 is 1.29 bits per heavy atom. The summed E-state index contributed by atoms with van der Waals surface area (Å²) in [4.78, 5) is 11.5. The normalized spacial score (nSPS) is 10.2. The molecular weight excluding hydrogens is 280 g/mol. The van der Waals surface area contributed by atoms with Crippen molar-refractivity contribution in [3.05, 3.63) is 34.3 Å². The molecule has 0 saturated heterocycles. The largest absolute Gasteiger partial charge is 0.352 e. The van der Waals surface area contributed by atoms with Gasteiger partial charge in [-0.2, -0.15) is 0 Å². The van der Waals surface area contributed by atoms with Gasteiger partial charge in [-0.25, -0.2) is 0 Å². The molecule has 0 bridgehead atoms.